The number of ether oxygens (including phenoxy) is 1. The molecule has 16 heavy (non-hydrogen) atoms. The summed E-state index contributed by atoms with van der Waals surface area (Å²) in [6.07, 6.45) is 0.0756. The molecule has 0 saturated carbocycles. The fourth-order valence-corrected chi connectivity index (χ4v) is 2.60. The van der Waals surface area contributed by atoms with Crippen LogP contribution in [0.25, 0.3) is 0 Å². The molecule has 0 aliphatic carbocycles. The number of methoxy groups -OCH3 is 1. The first kappa shape index (κ1) is 13.5. The first-order valence-corrected chi connectivity index (χ1v) is 7.38. The van der Waals surface area contributed by atoms with Crippen molar-refractivity contribution in [2.45, 2.75) is 6.10 Å². The van der Waals surface area contributed by atoms with Crippen molar-refractivity contribution in [2.75, 3.05) is 19.1 Å². The van der Waals surface area contributed by atoms with E-state index >= 15 is 0 Å². The van der Waals surface area contributed by atoms with Crippen LogP contribution in [0.3, 0.4) is 0 Å². The highest BCUT2D eigenvalue weighted by atomic mass is 79.9. The van der Waals surface area contributed by atoms with Gasteiger partial charge in [-0.3, -0.25) is 0 Å². The lowest BCUT2D eigenvalue weighted by molar-refractivity contribution is 0.201. The third-order valence-corrected chi connectivity index (χ3v) is 3.56. The first-order valence-electron chi connectivity index (χ1n) is 4.52. The molecular weight excluding hydrogens is 296 g/mol. The van der Waals surface area contributed by atoms with Crippen molar-refractivity contribution in [3.8, 4) is 5.75 Å². The van der Waals surface area contributed by atoms with E-state index < -0.39 is 15.9 Å². The van der Waals surface area contributed by atoms with Gasteiger partial charge in [-0.2, -0.15) is 0 Å². The Hall–Kier alpha value is -0.590. The molecule has 1 aromatic carbocycles. The number of rotatable bonds is 4. The average Bonchev–Trinajstić information content (AvgIpc) is 2.15. The summed E-state index contributed by atoms with van der Waals surface area (Å²) in [5.74, 6) is 0.349. The lowest BCUT2D eigenvalue weighted by atomic mass is 10.1. The predicted octanol–water partition coefficient (Wildman–Crippen LogP) is 1.54. The Morgan fingerprint density at radius 3 is 2.56 bits per heavy atom. The van der Waals surface area contributed by atoms with Gasteiger partial charge in [0.2, 0.25) is 0 Å². The molecule has 0 heterocycles. The molecule has 0 radical (unpaired) electrons. The van der Waals surface area contributed by atoms with Crippen molar-refractivity contribution in [3.05, 3.63) is 28.2 Å². The minimum atomic E-state index is -3.20. The smallest absolute Gasteiger partial charge is 0.150 e. The second-order valence-corrected chi connectivity index (χ2v) is 6.54. The Kier molecular flexibility index (Phi) is 4.35. The van der Waals surface area contributed by atoms with Crippen molar-refractivity contribution in [2.24, 2.45) is 0 Å². The van der Waals surface area contributed by atoms with E-state index in [1.54, 1.807) is 18.2 Å². The third kappa shape index (κ3) is 3.77. The van der Waals surface area contributed by atoms with Crippen molar-refractivity contribution in [3.63, 3.8) is 0 Å². The van der Waals surface area contributed by atoms with Gasteiger partial charge in [0.05, 0.1) is 23.4 Å². The third-order valence-electron chi connectivity index (χ3n) is 2.02. The van der Waals surface area contributed by atoms with Crippen LogP contribution in [-0.4, -0.2) is 32.6 Å². The summed E-state index contributed by atoms with van der Waals surface area (Å²) >= 11 is 3.27. The van der Waals surface area contributed by atoms with E-state index in [2.05, 4.69) is 15.9 Å². The molecule has 0 aliphatic heterocycles. The van der Waals surface area contributed by atoms with Gasteiger partial charge in [0, 0.05) is 6.26 Å². The molecule has 0 spiro atoms. The standard InChI is InChI=1S/C10H13BrO4S/c1-15-10-4-3-7(5-8(10)11)9(12)6-16(2,13)14/h3-5,9,12H,6H2,1-2H3. The molecule has 1 rings (SSSR count). The van der Waals surface area contributed by atoms with Crippen LogP contribution in [0.15, 0.2) is 22.7 Å². The number of halogens is 1. The second-order valence-electron chi connectivity index (χ2n) is 3.50. The number of sulfone groups is 1. The maximum Gasteiger partial charge on any atom is 0.150 e. The van der Waals surface area contributed by atoms with Gasteiger partial charge in [0.25, 0.3) is 0 Å². The molecule has 0 aliphatic rings. The molecule has 90 valence electrons. The van der Waals surface area contributed by atoms with Crippen molar-refractivity contribution >= 4 is 25.8 Å². The Morgan fingerprint density at radius 1 is 1.50 bits per heavy atom. The van der Waals surface area contributed by atoms with Crippen molar-refractivity contribution in [1.82, 2.24) is 0 Å². The molecule has 0 aromatic heterocycles. The van der Waals surface area contributed by atoms with Gasteiger partial charge >= 0.3 is 0 Å². The van der Waals surface area contributed by atoms with Crippen molar-refractivity contribution in [1.29, 1.82) is 0 Å². The van der Waals surface area contributed by atoms with E-state index in [9.17, 15) is 13.5 Å². The number of hydrogen-bond acceptors (Lipinski definition) is 4. The van der Waals surface area contributed by atoms with Gasteiger partial charge in [-0.05, 0) is 33.6 Å². The van der Waals surface area contributed by atoms with Gasteiger partial charge < -0.3 is 9.84 Å². The highest BCUT2D eigenvalue weighted by Crippen LogP contribution is 2.28. The highest BCUT2D eigenvalue weighted by molar-refractivity contribution is 9.10. The zero-order chi connectivity index (χ0) is 12.3. The maximum absolute atomic E-state index is 11.0. The lowest BCUT2D eigenvalue weighted by Crippen LogP contribution is -2.12. The summed E-state index contributed by atoms with van der Waals surface area (Å²) in [6.45, 7) is 0. The topological polar surface area (TPSA) is 63.6 Å². The van der Waals surface area contributed by atoms with Crippen molar-refractivity contribution < 1.29 is 18.3 Å². The van der Waals surface area contributed by atoms with E-state index in [-0.39, 0.29) is 5.75 Å². The molecule has 6 heteroatoms. The molecule has 0 amide bonds. The summed E-state index contributed by atoms with van der Waals surface area (Å²) in [6, 6.07) is 4.96. The Balaban J connectivity index is 2.93. The quantitative estimate of drug-likeness (QED) is 0.916. The molecule has 4 nitrogen and oxygen atoms in total. The number of aliphatic hydroxyl groups is 1. The summed E-state index contributed by atoms with van der Waals surface area (Å²) in [5.41, 5.74) is 0.540. The molecule has 0 saturated heterocycles. The number of aliphatic hydroxyl groups excluding tert-OH is 1. The van der Waals surface area contributed by atoms with Gasteiger partial charge in [0.1, 0.15) is 15.6 Å². The van der Waals surface area contributed by atoms with Crippen LogP contribution in [0.4, 0.5) is 0 Å². The summed E-state index contributed by atoms with van der Waals surface area (Å²) in [7, 11) is -1.66. The van der Waals surface area contributed by atoms with Gasteiger partial charge in [-0.25, -0.2) is 8.42 Å². The largest absolute Gasteiger partial charge is 0.496 e. The fraction of sp³-hybridized carbons (Fsp3) is 0.400. The predicted molar refractivity (Wildman–Crippen MR) is 65.4 cm³/mol. The zero-order valence-corrected chi connectivity index (χ0v) is 11.4. The van der Waals surface area contributed by atoms with Crippen LogP contribution in [-0.2, 0) is 9.84 Å². The molecule has 0 bridgehead atoms. The fourth-order valence-electron chi connectivity index (χ4n) is 1.27. The second kappa shape index (κ2) is 5.16. The van der Waals surface area contributed by atoms with E-state index in [1.165, 1.54) is 7.11 Å². The van der Waals surface area contributed by atoms with E-state index in [4.69, 9.17) is 4.74 Å². The van der Waals surface area contributed by atoms with E-state index in [1.807, 2.05) is 0 Å². The Bertz CT molecular complexity index is 470. The van der Waals surface area contributed by atoms with E-state index in [0.29, 0.717) is 15.8 Å². The normalized spacial score (nSPS) is 13.5. The molecule has 1 atom stereocenters. The molecule has 0 fully saturated rings. The van der Waals surface area contributed by atoms with Crippen LogP contribution >= 0.6 is 15.9 Å². The van der Waals surface area contributed by atoms with Crippen LogP contribution in [0.5, 0.6) is 5.75 Å². The minimum Gasteiger partial charge on any atom is -0.496 e. The number of benzene rings is 1. The minimum absolute atomic E-state index is 0.286. The molecule has 1 unspecified atom stereocenters. The maximum atomic E-state index is 11.0. The summed E-state index contributed by atoms with van der Waals surface area (Å²) in [5, 5.41) is 9.70. The zero-order valence-electron chi connectivity index (χ0n) is 8.97. The summed E-state index contributed by atoms with van der Waals surface area (Å²) in [4.78, 5) is 0. The Morgan fingerprint density at radius 2 is 2.12 bits per heavy atom. The highest BCUT2D eigenvalue weighted by Gasteiger charge is 2.15. The van der Waals surface area contributed by atoms with Gasteiger partial charge in [0.15, 0.2) is 0 Å². The average molecular weight is 309 g/mol. The monoisotopic (exact) mass is 308 g/mol. The van der Waals surface area contributed by atoms with Crippen LogP contribution in [0.2, 0.25) is 0 Å². The van der Waals surface area contributed by atoms with Gasteiger partial charge in [-0.1, -0.05) is 6.07 Å². The summed E-state index contributed by atoms with van der Waals surface area (Å²) < 4.78 is 27.8. The number of hydrogen-bond donors (Lipinski definition) is 1. The molecular formula is C10H13BrO4S. The van der Waals surface area contributed by atoms with Crippen LogP contribution in [0, 0.1) is 0 Å². The van der Waals surface area contributed by atoms with Gasteiger partial charge in [-0.15, -0.1) is 0 Å². The molecule has 1 N–H and O–H groups in total. The Labute approximate surface area is 103 Å². The van der Waals surface area contributed by atoms with Crippen LogP contribution in [0.1, 0.15) is 11.7 Å². The first-order chi connectivity index (χ1) is 7.33. The lowest BCUT2D eigenvalue weighted by Gasteiger charge is -2.11. The van der Waals surface area contributed by atoms with E-state index in [0.717, 1.165) is 6.26 Å². The van der Waals surface area contributed by atoms with Crippen LogP contribution < -0.4 is 4.74 Å². The molecule has 1 aromatic rings. The SMILES string of the molecule is COc1ccc(C(O)CS(C)(=O)=O)cc1Br.